The van der Waals surface area contributed by atoms with Crippen LogP contribution in [-0.2, 0) is 31.5 Å². The highest BCUT2D eigenvalue weighted by Gasteiger charge is 2.42. The molecule has 4 rings (SSSR count). The van der Waals surface area contributed by atoms with Crippen LogP contribution in [0.15, 0.2) is 66.7 Å². The van der Waals surface area contributed by atoms with Crippen LogP contribution in [-0.4, -0.2) is 45.9 Å². The summed E-state index contributed by atoms with van der Waals surface area (Å²) in [6.07, 6.45) is 2.28. The van der Waals surface area contributed by atoms with E-state index in [1.165, 1.54) is 0 Å². The molecule has 35 heavy (non-hydrogen) atoms. The molecular weight excluding hydrogens is 466 g/mol. The van der Waals surface area contributed by atoms with Gasteiger partial charge in [0, 0.05) is 28.2 Å². The number of methoxy groups -OCH3 is 1. The van der Waals surface area contributed by atoms with Crippen molar-refractivity contribution in [1.82, 2.24) is 9.71 Å². The minimum Gasteiger partial charge on any atom is -0.497 e. The number of aromatic nitrogens is 1. The normalized spacial score (nSPS) is 15.4. The van der Waals surface area contributed by atoms with E-state index >= 15 is 0 Å². The summed E-state index contributed by atoms with van der Waals surface area (Å²) >= 11 is 0. The van der Waals surface area contributed by atoms with Crippen LogP contribution in [0.5, 0.6) is 5.75 Å². The molecule has 2 aromatic carbocycles. The number of carbonyl (C=O) groups excluding carboxylic acids is 1. The standard InChI is InChI=1S/C26H29N3O5S.2H2/c1-33-22-12-10-21(11-13-22)26(14-16-34-17-15-26)25(30)29-24-5-3-4-23(28-24)20-8-6-19(7-9-20)18-27-35(2,31)32;;/h3-13,27H,14-18H2,1-2H3,(H,28,29,30);2*1H. The first-order valence-corrected chi connectivity index (χ1v) is 13.2. The second-order valence-electron chi connectivity index (χ2n) is 8.58. The number of nitrogens with zero attached hydrogens (tertiary/aromatic N) is 1. The monoisotopic (exact) mass is 499 g/mol. The Morgan fingerprint density at radius 1 is 1.06 bits per heavy atom. The molecule has 8 nitrogen and oxygen atoms in total. The van der Waals surface area contributed by atoms with Crippen molar-refractivity contribution in [1.29, 1.82) is 0 Å². The lowest BCUT2D eigenvalue weighted by atomic mass is 9.73. The second kappa shape index (κ2) is 10.6. The summed E-state index contributed by atoms with van der Waals surface area (Å²) in [7, 11) is -1.64. The molecule has 0 spiro atoms. The van der Waals surface area contributed by atoms with Crippen LogP contribution in [0.1, 0.15) is 26.8 Å². The number of anilines is 1. The number of hydrogen-bond acceptors (Lipinski definition) is 6. The van der Waals surface area contributed by atoms with Gasteiger partial charge in [0.2, 0.25) is 15.9 Å². The maximum atomic E-state index is 13.6. The molecule has 3 aromatic rings. The van der Waals surface area contributed by atoms with E-state index in [0.717, 1.165) is 28.7 Å². The molecule has 2 N–H and O–H groups in total. The number of pyridine rings is 1. The van der Waals surface area contributed by atoms with Gasteiger partial charge in [0.25, 0.3) is 0 Å². The zero-order valence-corrected chi connectivity index (χ0v) is 20.6. The van der Waals surface area contributed by atoms with Gasteiger partial charge in [-0.3, -0.25) is 4.79 Å². The third-order valence-corrected chi connectivity index (χ3v) is 6.87. The van der Waals surface area contributed by atoms with Crippen LogP contribution < -0.4 is 14.8 Å². The molecule has 9 heteroatoms. The van der Waals surface area contributed by atoms with E-state index in [4.69, 9.17) is 9.47 Å². The Balaban J connectivity index is 0.00000241. The fourth-order valence-electron chi connectivity index (χ4n) is 4.19. The Morgan fingerprint density at radius 3 is 2.37 bits per heavy atom. The van der Waals surface area contributed by atoms with Crippen molar-refractivity contribution in [3.05, 3.63) is 77.9 Å². The molecule has 188 valence electrons. The van der Waals surface area contributed by atoms with Gasteiger partial charge < -0.3 is 14.8 Å². The van der Waals surface area contributed by atoms with Crippen molar-refractivity contribution >= 4 is 21.7 Å². The molecule has 0 bridgehead atoms. The molecule has 0 atom stereocenters. The predicted molar refractivity (Wildman–Crippen MR) is 139 cm³/mol. The lowest BCUT2D eigenvalue weighted by Crippen LogP contribution is -2.45. The van der Waals surface area contributed by atoms with E-state index in [9.17, 15) is 13.2 Å². The van der Waals surface area contributed by atoms with Crippen LogP contribution in [0.3, 0.4) is 0 Å². The fourth-order valence-corrected chi connectivity index (χ4v) is 4.61. The van der Waals surface area contributed by atoms with Crippen molar-refractivity contribution in [3.63, 3.8) is 0 Å². The van der Waals surface area contributed by atoms with Gasteiger partial charge in [-0.2, -0.15) is 0 Å². The zero-order chi connectivity index (χ0) is 24.9. The fraction of sp³-hybridized carbons (Fsp3) is 0.308. The maximum Gasteiger partial charge on any atom is 0.236 e. The topological polar surface area (TPSA) is 107 Å². The Morgan fingerprint density at radius 2 is 1.74 bits per heavy atom. The zero-order valence-electron chi connectivity index (χ0n) is 19.8. The molecule has 2 heterocycles. The van der Waals surface area contributed by atoms with E-state index in [-0.39, 0.29) is 15.3 Å². The van der Waals surface area contributed by atoms with Gasteiger partial charge in [-0.05, 0) is 48.2 Å². The van der Waals surface area contributed by atoms with Gasteiger partial charge in [0.15, 0.2) is 0 Å². The van der Waals surface area contributed by atoms with Gasteiger partial charge in [0.05, 0.1) is 24.5 Å². The highest BCUT2D eigenvalue weighted by atomic mass is 32.2. The average molecular weight is 500 g/mol. The second-order valence-corrected chi connectivity index (χ2v) is 10.4. The first kappa shape index (κ1) is 24.8. The predicted octanol–water partition coefficient (Wildman–Crippen LogP) is 3.99. The summed E-state index contributed by atoms with van der Waals surface area (Å²) in [5, 5.41) is 3.02. The van der Waals surface area contributed by atoms with E-state index in [0.29, 0.717) is 37.6 Å². The molecule has 1 aromatic heterocycles. The number of hydrogen-bond donors (Lipinski definition) is 2. The van der Waals surface area contributed by atoms with Crippen LogP contribution in [0.4, 0.5) is 5.82 Å². The van der Waals surface area contributed by atoms with Gasteiger partial charge >= 0.3 is 0 Å². The third kappa shape index (κ3) is 6.05. The molecule has 1 aliphatic rings. The number of sulfonamides is 1. The maximum absolute atomic E-state index is 13.6. The highest BCUT2D eigenvalue weighted by molar-refractivity contribution is 7.88. The van der Waals surface area contributed by atoms with Crippen LogP contribution in [0.2, 0.25) is 0 Å². The van der Waals surface area contributed by atoms with Crippen molar-refractivity contribution in [2.24, 2.45) is 0 Å². The van der Waals surface area contributed by atoms with E-state index in [2.05, 4.69) is 15.0 Å². The van der Waals surface area contributed by atoms with Gasteiger partial charge in [-0.15, -0.1) is 0 Å². The molecule has 0 radical (unpaired) electrons. The van der Waals surface area contributed by atoms with Gasteiger partial charge in [0.1, 0.15) is 11.6 Å². The summed E-state index contributed by atoms with van der Waals surface area (Å²) < 4.78 is 35.9. The Kier molecular flexibility index (Phi) is 7.49. The molecule has 1 fully saturated rings. The number of nitrogens with one attached hydrogen (secondary N) is 2. The number of rotatable bonds is 8. The molecule has 0 unspecified atom stereocenters. The number of benzene rings is 2. The molecular formula is C26H33N3O5S. The Hall–Kier alpha value is -3.27. The summed E-state index contributed by atoms with van der Waals surface area (Å²) in [5.41, 5.74) is 2.62. The van der Waals surface area contributed by atoms with Gasteiger partial charge in [-0.25, -0.2) is 18.1 Å². The molecule has 1 amide bonds. The molecule has 1 aliphatic heterocycles. The number of carbonyl (C=O) groups is 1. The van der Waals surface area contributed by atoms with Crippen LogP contribution in [0.25, 0.3) is 11.3 Å². The highest BCUT2D eigenvalue weighted by Crippen LogP contribution is 2.37. The Labute approximate surface area is 208 Å². The van der Waals surface area contributed by atoms with Crippen LogP contribution in [0, 0.1) is 0 Å². The van der Waals surface area contributed by atoms with E-state index in [1.54, 1.807) is 13.2 Å². The minimum absolute atomic E-state index is 0. The minimum atomic E-state index is -3.26. The summed E-state index contributed by atoms with van der Waals surface area (Å²) in [6.45, 7) is 1.24. The average Bonchev–Trinajstić information content (AvgIpc) is 2.88. The lowest BCUT2D eigenvalue weighted by molar-refractivity contribution is -0.125. The first-order chi connectivity index (χ1) is 16.8. The van der Waals surface area contributed by atoms with Crippen molar-refractivity contribution < 1.29 is 25.5 Å². The lowest BCUT2D eigenvalue weighted by Gasteiger charge is -2.36. The van der Waals surface area contributed by atoms with E-state index < -0.39 is 15.4 Å². The van der Waals surface area contributed by atoms with Crippen LogP contribution >= 0.6 is 0 Å². The summed E-state index contributed by atoms with van der Waals surface area (Å²) in [5.74, 6) is 1.09. The summed E-state index contributed by atoms with van der Waals surface area (Å²) in [6, 6.07) is 20.6. The van der Waals surface area contributed by atoms with Crippen molar-refractivity contribution in [3.8, 4) is 17.0 Å². The number of ether oxygens (including phenoxy) is 2. The number of amides is 1. The first-order valence-electron chi connectivity index (χ1n) is 11.3. The quantitative estimate of drug-likeness (QED) is 0.486. The molecule has 0 saturated carbocycles. The van der Waals surface area contributed by atoms with Crippen molar-refractivity contribution in [2.45, 2.75) is 24.8 Å². The molecule has 0 aliphatic carbocycles. The van der Waals surface area contributed by atoms with Crippen molar-refractivity contribution in [2.75, 3.05) is 31.9 Å². The van der Waals surface area contributed by atoms with E-state index in [1.807, 2.05) is 60.7 Å². The molecule has 1 saturated heterocycles. The third-order valence-electron chi connectivity index (χ3n) is 6.20. The smallest absolute Gasteiger partial charge is 0.236 e. The SMILES string of the molecule is COc1ccc(C2(C(=O)Nc3cccc(-c4ccc(CNS(C)(=O)=O)cc4)n3)CCOCC2)cc1.[HH].[HH]. The van der Waals surface area contributed by atoms with Gasteiger partial charge in [-0.1, -0.05) is 42.5 Å². The largest absolute Gasteiger partial charge is 0.497 e. The Bertz CT molecular complexity index is 1280. The summed E-state index contributed by atoms with van der Waals surface area (Å²) in [4.78, 5) is 18.2.